The first-order valence-electron chi connectivity index (χ1n) is 6.77. The molecule has 1 aliphatic rings. The quantitative estimate of drug-likeness (QED) is 0.910. The molecule has 1 amide bonds. The highest BCUT2D eigenvalue weighted by Gasteiger charge is 2.30. The molecule has 1 saturated carbocycles. The number of amides is 1. The second-order valence-electron chi connectivity index (χ2n) is 5.18. The summed E-state index contributed by atoms with van der Waals surface area (Å²) in [5, 5.41) is 5.43. The summed E-state index contributed by atoms with van der Waals surface area (Å²) in [5.41, 5.74) is 6.88. The van der Waals surface area contributed by atoms with Crippen LogP contribution in [0.25, 0.3) is 10.8 Å². The zero-order valence-corrected chi connectivity index (χ0v) is 12.0. The van der Waals surface area contributed by atoms with Crippen LogP contribution < -0.4 is 11.1 Å². The van der Waals surface area contributed by atoms with Crippen LogP contribution in [0.5, 0.6) is 0 Å². The Hall–Kier alpha value is -1.58. The number of nitrogens with one attached hydrogen (secondary N) is 1. The molecule has 106 valence electrons. The van der Waals surface area contributed by atoms with Crippen LogP contribution >= 0.6 is 12.4 Å². The van der Waals surface area contributed by atoms with Crippen LogP contribution in [-0.2, 0) is 4.79 Å². The minimum atomic E-state index is -0.0855. The summed E-state index contributed by atoms with van der Waals surface area (Å²) in [6.07, 6.45) is 2.03. The molecule has 0 heterocycles. The van der Waals surface area contributed by atoms with Crippen molar-refractivity contribution >= 4 is 29.1 Å². The number of nitrogens with two attached hydrogens (primary N) is 1. The van der Waals surface area contributed by atoms with Crippen LogP contribution in [0.2, 0.25) is 0 Å². The van der Waals surface area contributed by atoms with Crippen molar-refractivity contribution < 1.29 is 4.79 Å². The van der Waals surface area contributed by atoms with Crippen LogP contribution in [0.4, 0.5) is 0 Å². The van der Waals surface area contributed by atoms with Crippen molar-refractivity contribution in [3.63, 3.8) is 0 Å². The SMILES string of the molecule is Cl.NCC(NC(=O)C1CC1)c1ccc2ccccc2c1. The van der Waals surface area contributed by atoms with Gasteiger partial charge >= 0.3 is 0 Å². The first-order chi connectivity index (χ1) is 9.28. The standard InChI is InChI=1S/C16H18N2O.ClH/c17-10-15(18-16(19)12-6-7-12)14-8-5-11-3-1-2-4-13(11)9-14;/h1-5,8-9,12,15H,6-7,10,17H2,(H,18,19);1H. The molecule has 1 unspecified atom stereocenters. The Balaban J connectivity index is 0.00000147. The Morgan fingerprint density at radius 1 is 1.20 bits per heavy atom. The lowest BCUT2D eigenvalue weighted by molar-refractivity contribution is -0.123. The average molecular weight is 291 g/mol. The fourth-order valence-electron chi connectivity index (χ4n) is 2.34. The highest BCUT2D eigenvalue weighted by Crippen LogP contribution is 2.30. The zero-order chi connectivity index (χ0) is 13.2. The number of hydrogen-bond acceptors (Lipinski definition) is 2. The molecule has 0 bridgehead atoms. The number of carbonyl (C=O) groups excluding carboxylic acids is 1. The molecule has 2 aromatic carbocycles. The van der Waals surface area contributed by atoms with Gasteiger partial charge in [0.05, 0.1) is 6.04 Å². The zero-order valence-electron chi connectivity index (χ0n) is 11.2. The molecule has 3 N–H and O–H groups in total. The summed E-state index contributed by atoms with van der Waals surface area (Å²) in [4.78, 5) is 11.8. The van der Waals surface area contributed by atoms with E-state index in [4.69, 9.17) is 5.73 Å². The van der Waals surface area contributed by atoms with Crippen molar-refractivity contribution in [3.05, 3.63) is 48.0 Å². The monoisotopic (exact) mass is 290 g/mol. The van der Waals surface area contributed by atoms with Gasteiger partial charge in [-0.15, -0.1) is 12.4 Å². The lowest BCUT2D eigenvalue weighted by Gasteiger charge is -2.17. The van der Waals surface area contributed by atoms with Gasteiger partial charge in [-0.25, -0.2) is 0 Å². The Morgan fingerprint density at radius 3 is 2.55 bits per heavy atom. The molecule has 2 aromatic rings. The van der Waals surface area contributed by atoms with Crippen molar-refractivity contribution in [2.45, 2.75) is 18.9 Å². The van der Waals surface area contributed by atoms with Crippen molar-refractivity contribution in [1.82, 2.24) is 5.32 Å². The first kappa shape index (κ1) is 14.8. The minimum absolute atomic E-state index is 0. The smallest absolute Gasteiger partial charge is 0.223 e. The van der Waals surface area contributed by atoms with Crippen molar-refractivity contribution in [2.75, 3.05) is 6.54 Å². The molecular formula is C16H19ClN2O. The summed E-state index contributed by atoms with van der Waals surface area (Å²) in [6.45, 7) is 0.427. The van der Waals surface area contributed by atoms with Crippen molar-refractivity contribution in [2.24, 2.45) is 11.7 Å². The van der Waals surface area contributed by atoms with Crippen LogP contribution in [-0.4, -0.2) is 12.5 Å². The summed E-state index contributed by atoms with van der Waals surface area (Å²) >= 11 is 0. The molecule has 4 heteroatoms. The Bertz CT molecular complexity index is 610. The Kier molecular flexibility index (Phi) is 4.63. The molecule has 0 aliphatic heterocycles. The summed E-state index contributed by atoms with van der Waals surface area (Å²) < 4.78 is 0. The van der Waals surface area contributed by atoms with E-state index in [9.17, 15) is 4.79 Å². The summed E-state index contributed by atoms with van der Waals surface area (Å²) in [6, 6.07) is 14.4. The number of rotatable bonds is 4. The minimum Gasteiger partial charge on any atom is -0.348 e. The Morgan fingerprint density at radius 2 is 1.90 bits per heavy atom. The summed E-state index contributed by atoms with van der Waals surface area (Å²) in [5.74, 6) is 0.359. The van der Waals surface area contributed by atoms with E-state index in [2.05, 4.69) is 29.6 Å². The van der Waals surface area contributed by atoms with E-state index in [-0.39, 0.29) is 30.3 Å². The topological polar surface area (TPSA) is 55.1 Å². The fraction of sp³-hybridized carbons (Fsp3) is 0.312. The van der Waals surface area contributed by atoms with Gasteiger partial charge in [0.2, 0.25) is 5.91 Å². The van der Waals surface area contributed by atoms with Gasteiger partial charge in [0.25, 0.3) is 0 Å². The molecule has 1 fully saturated rings. The number of benzene rings is 2. The van der Waals surface area contributed by atoms with Crippen LogP contribution in [0.1, 0.15) is 24.4 Å². The molecule has 3 nitrogen and oxygen atoms in total. The predicted molar refractivity (Wildman–Crippen MR) is 83.9 cm³/mol. The molecular weight excluding hydrogens is 272 g/mol. The van der Waals surface area contributed by atoms with Gasteiger partial charge in [-0.3, -0.25) is 4.79 Å². The second-order valence-corrected chi connectivity index (χ2v) is 5.18. The molecule has 0 spiro atoms. The summed E-state index contributed by atoms with van der Waals surface area (Å²) in [7, 11) is 0. The number of hydrogen-bond donors (Lipinski definition) is 2. The van der Waals surface area contributed by atoms with Crippen LogP contribution in [0, 0.1) is 5.92 Å². The Labute approximate surface area is 125 Å². The maximum Gasteiger partial charge on any atom is 0.223 e. The van der Waals surface area contributed by atoms with Gasteiger partial charge in [-0.2, -0.15) is 0 Å². The normalized spacial score (nSPS) is 15.4. The molecule has 0 saturated heterocycles. The molecule has 1 aliphatic carbocycles. The van der Waals surface area contributed by atoms with Gasteiger partial charge in [0, 0.05) is 12.5 Å². The largest absolute Gasteiger partial charge is 0.348 e. The number of carbonyl (C=O) groups is 1. The lowest BCUT2D eigenvalue weighted by Crippen LogP contribution is -2.34. The number of halogens is 1. The van der Waals surface area contributed by atoms with Crippen molar-refractivity contribution in [1.29, 1.82) is 0 Å². The van der Waals surface area contributed by atoms with Crippen molar-refractivity contribution in [3.8, 4) is 0 Å². The lowest BCUT2D eigenvalue weighted by atomic mass is 10.0. The highest BCUT2D eigenvalue weighted by molar-refractivity contribution is 5.85. The number of fused-ring (bicyclic) bond motifs is 1. The maximum absolute atomic E-state index is 11.8. The van der Waals surface area contributed by atoms with E-state index >= 15 is 0 Å². The van der Waals surface area contributed by atoms with Gasteiger partial charge in [-0.05, 0) is 35.2 Å². The molecule has 20 heavy (non-hydrogen) atoms. The molecule has 0 aromatic heterocycles. The third kappa shape index (κ3) is 3.11. The fourth-order valence-corrected chi connectivity index (χ4v) is 2.34. The van der Waals surface area contributed by atoms with E-state index < -0.39 is 0 Å². The van der Waals surface area contributed by atoms with Crippen LogP contribution in [0.15, 0.2) is 42.5 Å². The van der Waals surface area contributed by atoms with Gasteiger partial charge in [0.1, 0.15) is 0 Å². The third-order valence-corrected chi connectivity index (χ3v) is 3.68. The van der Waals surface area contributed by atoms with Gasteiger partial charge < -0.3 is 11.1 Å². The van der Waals surface area contributed by atoms with E-state index in [0.29, 0.717) is 6.54 Å². The predicted octanol–water partition coefficient (Wildman–Crippen LogP) is 2.79. The van der Waals surface area contributed by atoms with E-state index in [0.717, 1.165) is 18.4 Å². The van der Waals surface area contributed by atoms with Crippen LogP contribution in [0.3, 0.4) is 0 Å². The molecule has 3 rings (SSSR count). The molecule has 0 radical (unpaired) electrons. The first-order valence-corrected chi connectivity index (χ1v) is 6.77. The van der Waals surface area contributed by atoms with E-state index in [1.807, 2.05) is 18.2 Å². The average Bonchev–Trinajstić information content (AvgIpc) is 3.28. The third-order valence-electron chi connectivity index (χ3n) is 3.68. The molecule has 1 atom stereocenters. The maximum atomic E-state index is 11.8. The van der Waals surface area contributed by atoms with E-state index in [1.165, 1.54) is 10.8 Å². The second kappa shape index (κ2) is 6.25. The van der Waals surface area contributed by atoms with Gasteiger partial charge in [-0.1, -0.05) is 36.4 Å². The van der Waals surface area contributed by atoms with E-state index in [1.54, 1.807) is 0 Å². The van der Waals surface area contributed by atoms with Gasteiger partial charge in [0.15, 0.2) is 0 Å². The highest BCUT2D eigenvalue weighted by atomic mass is 35.5.